The first kappa shape index (κ1) is 15.0. The molecule has 2 fully saturated rings. The predicted octanol–water partition coefficient (Wildman–Crippen LogP) is 2.82. The van der Waals surface area contributed by atoms with Gasteiger partial charge in [0.05, 0.1) is 0 Å². The molecule has 1 aliphatic carbocycles. The van der Waals surface area contributed by atoms with Crippen LogP contribution in [0.5, 0.6) is 0 Å². The van der Waals surface area contributed by atoms with Gasteiger partial charge in [0, 0.05) is 24.3 Å². The van der Waals surface area contributed by atoms with Crippen molar-refractivity contribution >= 4 is 11.9 Å². The molecule has 5 heteroatoms. The lowest BCUT2D eigenvalue weighted by atomic mass is 9.65. The molecule has 1 N–H and O–H groups in total. The van der Waals surface area contributed by atoms with E-state index in [-0.39, 0.29) is 28.5 Å². The third kappa shape index (κ3) is 2.60. The molecule has 2 aliphatic rings. The van der Waals surface area contributed by atoms with Gasteiger partial charge in [0.15, 0.2) is 0 Å². The van der Waals surface area contributed by atoms with Crippen LogP contribution in [0, 0.1) is 10.8 Å². The number of carbonyl (C=O) groups is 2. The quantitative estimate of drug-likeness (QED) is 0.912. The van der Waals surface area contributed by atoms with E-state index in [4.69, 9.17) is 5.11 Å². The number of hydrogen-bond acceptors (Lipinski definition) is 3. The van der Waals surface area contributed by atoms with Gasteiger partial charge in [-0.15, -0.1) is 0 Å². The van der Waals surface area contributed by atoms with Gasteiger partial charge in [-0.1, -0.05) is 20.8 Å². The van der Waals surface area contributed by atoms with Crippen LogP contribution in [0.4, 0.5) is 0 Å². The summed E-state index contributed by atoms with van der Waals surface area (Å²) in [6.45, 7) is 7.54. The molecular formula is C17H22N2O3. The summed E-state index contributed by atoms with van der Waals surface area (Å²) in [5.41, 5.74) is 0.753. The maximum Gasteiger partial charge on any atom is 0.354 e. The molecule has 2 heterocycles. The first-order valence-electron chi connectivity index (χ1n) is 7.70. The van der Waals surface area contributed by atoms with Crippen LogP contribution in [-0.2, 0) is 0 Å². The highest BCUT2D eigenvalue weighted by atomic mass is 16.4. The molecule has 0 radical (unpaired) electrons. The van der Waals surface area contributed by atoms with Gasteiger partial charge in [-0.2, -0.15) is 0 Å². The number of fused-ring (bicyclic) bond motifs is 2. The van der Waals surface area contributed by atoms with Gasteiger partial charge in [-0.05, 0) is 42.2 Å². The smallest absolute Gasteiger partial charge is 0.354 e. The van der Waals surface area contributed by atoms with E-state index in [0.717, 1.165) is 25.8 Å². The molecule has 1 saturated heterocycles. The van der Waals surface area contributed by atoms with Crippen LogP contribution >= 0.6 is 0 Å². The van der Waals surface area contributed by atoms with Crippen molar-refractivity contribution in [2.75, 3.05) is 6.54 Å². The highest BCUT2D eigenvalue weighted by molar-refractivity contribution is 5.97. The Bertz CT molecular complexity index is 641. The number of carboxylic acids is 1. The monoisotopic (exact) mass is 302 g/mol. The molecule has 2 bridgehead atoms. The number of likely N-dealkylation sites (tertiary alicyclic amines) is 1. The lowest BCUT2D eigenvalue weighted by Gasteiger charge is -2.39. The number of nitrogens with zero attached hydrogens (tertiary/aromatic N) is 2. The number of hydrogen-bond donors (Lipinski definition) is 1. The Morgan fingerprint density at radius 2 is 2.05 bits per heavy atom. The fourth-order valence-electron chi connectivity index (χ4n) is 4.54. The zero-order chi connectivity index (χ0) is 16.1. The fraction of sp³-hybridized carbons (Fsp3) is 0.588. The molecule has 22 heavy (non-hydrogen) atoms. The largest absolute Gasteiger partial charge is 0.477 e. The van der Waals surface area contributed by atoms with Crippen LogP contribution in [-0.4, -0.2) is 39.5 Å². The molecule has 1 aromatic heterocycles. The number of aromatic nitrogens is 1. The summed E-state index contributed by atoms with van der Waals surface area (Å²) in [6.07, 6.45) is 4.56. The van der Waals surface area contributed by atoms with Crippen molar-refractivity contribution in [2.24, 2.45) is 10.8 Å². The van der Waals surface area contributed by atoms with E-state index < -0.39 is 5.97 Å². The first-order chi connectivity index (χ1) is 10.2. The van der Waals surface area contributed by atoms with Gasteiger partial charge in [-0.25, -0.2) is 9.78 Å². The summed E-state index contributed by atoms with van der Waals surface area (Å²) < 4.78 is 0. The Morgan fingerprint density at radius 1 is 1.32 bits per heavy atom. The standard InChI is InChI=1S/C17H22N2O3/c1-16(2)7-12-8-17(3,9-16)10-19(12)14(20)11-4-5-18-13(6-11)15(21)22/h4-6,12H,7-10H2,1-3H3,(H,21,22). The second-order valence-corrected chi connectivity index (χ2v) is 7.88. The van der Waals surface area contributed by atoms with Gasteiger partial charge in [0.25, 0.3) is 5.91 Å². The van der Waals surface area contributed by atoms with Crippen LogP contribution < -0.4 is 0 Å². The Labute approximate surface area is 130 Å². The van der Waals surface area contributed by atoms with Crippen molar-refractivity contribution in [3.63, 3.8) is 0 Å². The second-order valence-electron chi connectivity index (χ2n) is 7.88. The minimum Gasteiger partial charge on any atom is -0.477 e. The fourth-order valence-corrected chi connectivity index (χ4v) is 4.54. The average Bonchev–Trinajstić information content (AvgIpc) is 2.67. The maximum atomic E-state index is 12.8. The summed E-state index contributed by atoms with van der Waals surface area (Å²) in [6, 6.07) is 3.23. The van der Waals surface area contributed by atoms with E-state index in [0.29, 0.717) is 5.56 Å². The SMILES string of the molecule is CC1(C)CC2CC(C)(CN2C(=O)c2ccnc(C(=O)O)c2)C1. The highest BCUT2D eigenvalue weighted by Crippen LogP contribution is 2.52. The van der Waals surface area contributed by atoms with Crippen molar-refractivity contribution in [2.45, 2.75) is 46.1 Å². The summed E-state index contributed by atoms with van der Waals surface area (Å²) in [4.78, 5) is 29.6. The first-order valence-corrected chi connectivity index (χ1v) is 7.70. The van der Waals surface area contributed by atoms with Crippen LogP contribution in [0.25, 0.3) is 0 Å². The van der Waals surface area contributed by atoms with Crippen molar-refractivity contribution in [1.82, 2.24) is 9.88 Å². The Morgan fingerprint density at radius 3 is 2.73 bits per heavy atom. The molecule has 2 unspecified atom stereocenters. The van der Waals surface area contributed by atoms with Crippen LogP contribution in [0.3, 0.4) is 0 Å². The number of aromatic carboxylic acids is 1. The van der Waals surface area contributed by atoms with E-state index >= 15 is 0 Å². The topological polar surface area (TPSA) is 70.5 Å². The maximum absolute atomic E-state index is 12.8. The molecule has 2 atom stereocenters. The minimum absolute atomic E-state index is 0.0728. The summed E-state index contributed by atoms with van der Waals surface area (Å²) >= 11 is 0. The Kier molecular flexibility index (Phi) is 3.27. The van der Waals surface area contributed by atoms with Gasteiger partial charge in [-0.3, -0.25) is 4.79 Å². The predicted molar refractivity (Wildman–Crippen MR) is 81.8 cm³/mol. The van der Waals surface area contributed by atoms with E-state index in [2.05, 4.69) is 25.8 Å². The number of carboxylic acid groups (broad SMARTS) is 1. The van der Waals surface area contributed by atoms with Crippen LogP contribution in [0.2, 0.25) is 0 Å². The molecule has 0 aromatic carbocycles. The third-order valence-electron chi connectivity index (χ3n) is 4.90. The van der Waals surface area contributed by atoms with E-state index in [1.807, 2.05) is 4.90 Å². The summed E-state index contributed by atoms with van der Waals surface area (Å²) in [7, 11) is 0. The molecule has 5 nitrogen and oxygen atoms in total. The molecular weight excluding hydrogens is 280 g/mol. The van der Waals surface area contributed by atoms with Crippen molar-refractivity contribution in [1.29, 1.82) is 0 Å². The minimum atomic E-state index is -1.11. The summed E-state index contributed by atoms with van der Waals surface area (Å²) in [5.74, 6) is -1.18. The van der Waals surface area contributed by atoms with E-state index in [1.165, 1.54) is 12.3 Å². The van der Waals surface area contributed by atoms with E-state index in [9.17, 15) is 9.59 Å². The molecule has 1 aliphatic heterocycles. The summed E-state index contributed by atoms with van der Waals surface area (Å²) in [5, 5.41) is 9.03. The molecule has 1 saturated carbocycles. The van der Waals surface area contributed by atoms with Crippen molar-refractivity contribution in [3.8, 4) is 0 Å². The molecule has 3 rings (SSSR count). The molecule has 1 aromatic rings. The number of rotatable bonds is 2. The molecule has 1 amide bonds. The normalized spacial score (nSPS) is 29.4. The lowest BCUT2D eigenvalue weighted by Crippen LogP contribution is -2.37. The third-order valence-corrected chi connectivity index (χ3v) is 4.90. The molecule has 118 valence electrons. The van der Waals surface area contributed by atoms with Gasteiger partial charge in [0.2, 0.25) is 0 Å². The van der Waals surface area contributed by atoms with Crippen LogP contribution in [0.1, 0.15) is 60.9 Å². The molecule has 0 spiro atoms. The average molecular weight is 302 g/mol. The van der Waals surface area contributed by atoms with Crippen molar-refractivity contribution < 1.29 is 14.7 Å². The zero-order valence-electron chi connectivity index (χ0n) is 13.3. The van der Waals surface area contributed by atoms with Crippen LogP contribution in [0.15, 0.2) is 18.3 Å². The Hall–Kier alpha value is -1.91. The van der Waals surface area contributed by atoms with Gasteiger partial charge < -0.3 is 10.0 Å². The number of amides is 1. The van der Waals surface area contributed by atoms with Gasteiger partial charge >= 0.3 is 5.97 Å². The lowest BCUT2D eigenvalue weighted by molar-refractivity contribution is 0.0690. The van der Waals surface area contributed by atoms with Gasteiger partial charge in [0.1, 0.15) is 5.69 Å². The number of pyridine rings is 1. The number of carbonyl (C=O) groups excluding carboxylic acids is 1. The zero-order valence-corrected chi connectivity index (χ0v) is 13.3. The van der Waals surface area contributed by atoms with Crippen molar-refractivity contribution in [3.05, 3.63) is 29.6 Å². The van der Waals surface area contributed by atoms with E-state index in [1.54, 1.807) is 6.07 Å². The Balaban J connectivity index is 1.87. The second kappa shape index (κ2) is 4.80. The highest BCUT2D eigenvalue weighted by Gasteiger charge is 2.51.